The van der Waals surface area contributed by atoms with Gasteiger partial charge in [0.15, 0.2) is 0 Å². The summed E-state index contributed by atoms with van der Waals surface area (Å²) in [6.45, 7) is 4.74. The van der Waals surface area contributed by atoms with Crippen molar-refractivity contribution in [2.24, 2.45) is 0 Å². The SMILES string of the molecule is CCN(CCO)C(=O)c1cc(C)sn1. The summed E-state index contributed by atoms with van der Waals surface area (Å²) in [4.78, 5) is 14.3. The van der Waals surface area contributed by atoms with Crippen LogP contribution in [-0.2, 0) is 0 Å². The number of carbonyl (C=O) groups excluding carboxylic acids is 1. The Bertz CT molecular complexity index is 312. The summed E-state index contributed by atoms with van der Waals surface area (Å²) >= 11 is 1.32. The molecule has 0 aromatic carbocycles. The van der Waals surface area contributed by atoms with Gasteiger partial charge < -0.3 is 10.0 Å². The fraction of sp³-hybridized carbons (Fsp3) is 0.556. The van der Waals surface area contributed by atoms with Gasteiger partial charge in [-0.05, 0) is 31.4 Å². The molecule has 14 heavy (non-hydrogen) atoms. The Morgan fingerprint density at radius 1 is 1.71 bits per heavy atom. The molecule has 5 heteroatoms. The van der Waals surface area contributed by atoms with Crippen LogP contribution in [0.2, 0.25) is 0 Å². The van der Waals surface area contributed by atoms with Crippen LogP contribution in [0.5, 0.6) is 0 Å². The fourth-order valence-corrected chi connectivity index (χ4v) is 1.69. The average Bonchev–Trinajstić information content (AvgIpc) is 2.60. The highest BCUT2D eigenvalue weighted by Crippen LogP contribution is 2.10. The third-order valence-electron chi connectivity index (χ3n) is 1.89. The van der Waals surface area contributed by atoms with E-state index in [0.717, 1.165) is 4.88 Å². The Balaban J connectivity index is 2.72. The zero-order valence-electron chi connectivity index (χ0n) is 8.36. The molecule has 0 fully saturated rings. The van der Waals surface area contributed by atoms with Gasteiger partial charge in [0.2, 0.25) is 0 Å². The molecule has 0 saturated carbocycles. The zero-order valence-corrected chi connectivity index (χ0v) is 9.17. The number of hydrogen-bond acceptors (Lipinski definition) is 4. The van der Waals surface area contributed by atoms with E-state index >= 15 is 0 Å². The quantitative estimate of drug-likeness (QED) is 0.810. The molecule has 1 amide bonds. The molecule has 0 aliphatic rings. The first-order chi connectivity index (χ1) is 6.69. The lowest BCUT2D eigenvalue weighted by atomic mass is 10.3. The van der Waals surface area contributed by atoms with E-state index in [9.17, 15) is 4.79 Å². The second-order valence-corrected chi connectivity index (χ2v) is 3.94. The maximum absolute atomic E-state index is 11.7. The Hall–Kier alpha value is -0.940. The molecule has 1 aromatic rings. The predicted molar refractivity (Wildman–Crippen MR) is 55.5 cm³/mol. The molecule has 1 aromatic heterocycles. The third-order valence-corrected chi connectivity index (χ3v) is 2.58. The van der Waals surface area contributed by atoms with Gasteiger partial charge >= 0.3 is 0 Å². The number of aromatic nitrogens is 1. The maximum Gasteiger partial charge on any atom is 0.273 e. The fourth-order valence-electron chi connectivity index (χ4n) is 1.15. The Labute approximate surface area is 87.3 Å². The highest BCUT2D eigenvalue weighted by molar-refractivity contribution is 7.05. The molecule has 0 radical (unpaired) electrons. The zero-order chi connectivity index (χ0) is 10.6. The first-order valence-electron chi connectivity index (χ1n) is 4.52. The minimum Gasteiger partial charge on any atom is -0.395 e. The largest absolute Gasteiger partial charge is 0.395 e. The number of likely N-dealkylation sites (N-methyl/N-ethyl adjacent to an activating group) is 1. The molecule has 78 valence electrons. The van der Waals surface area contributed by atoms with E-state index in [1.54, 1.807) is 11.0 Å². The van der Waals surface area contributed by atoms with Crippen molar-refractivity contribution in [3.8, 4) is 0 Å². The summed E-state index contributed by atoms with van der Waals surface area (Å²) in [5, 5.41) is 8.76. The Kier molecular flexibility index (Phi) is 4.03. The van der Waals surface area contributed by atoms with Crippen LogP contribution in [0, 0.1) is 6.92 Å². The van der Waals surface area contributed by atoms with E-state index in [4.69, 9.17) is 5.11 Å². The van der Waals surface area contributed by atoms with E-state index in [-0.39, 0.29) is 12.5 Å². The number of aliphatic hydroxyl groups excluding tert-OH is 1. The van der Waals surface area contributed by atoms with Crippen molar-refractivity contribution in [3.63, 3.8) is 0 Å². The van der Waals surface area contributed by atoms with Gasteiger partial charge in [-0.25, -0.2) is 0 Å². The molecular weight excluding hydrogens is 200 g/mol. The van der Waals surface area contributed by atoms with Gasteiger partial charge in [0, 0.05) is 18.0 Å². The summed E-state index contributed by atoms with van der Waals surface area (Å²) in [6.07, 6.45) is 0. The first kappa shape index (κ1) is 11.1. The van der Waals surface area contributed by atoms with Crippen molar-refractivity contribution >= 4 is 17.4 Å². The first-order valence-corrected chi connectivity index (χ1v) is 5.29. The number of aryl methyl sites for hydroxylation is 1. The summed E-state index contributed by atoms with van der Waals surface area (Å²) in [5.74, 6) is -0.106. The molecule has 4 nitrogen and oxygen atoms in total. The highest BCUT2D eigenvalue weighted by Gasteiger charge is 2.15. The van der Waals surface area contributed by atoms with Crippen LogP contribution in [0.1, 0.15) is 22.3 Å². The van der Waals surface area contributed by atoms with Crippen molar-refractivity contribution in [1.29, 1.82) is 0 Å². The van der Waals surface area contributed by atoms with Crippen molar-refractivity contribution in [1.82, 2.24) is 9.27 Å². The number of amides is 1. The van der Waals surface area contributed by atoms with E-state index in [1.165, 1.54) is 11.5 Å². The minimum atomic E-state index is -0.106. The molecule has 0 aliphatic heterocycles. The van der Waals surface area contributed by atoms with Gasteiger partial charge in [-0.2, -0.15) is 4.37 Å². The van der Waals surface area contributed by atoms with Crippen LogP contribution in [0.25, 0.3) is 0 Å². The summed E-state index contributed by atoms with van der Waals surface area (Å²) < 4.78 is 4.04. The number of aliphatic hydroxyl groups is 1. The molecule has 0 bridgehead atoms. The Morgan fingerprint density at radius 3 is 2.86 bits per heavy atom. The molecule has 1 N–H and O–H groups in total. The normalized spacial score (nSPS) is 10.2. The van der Waals surface area contributed by atoms with Crippen molar-refractivity contribution in [2.75, 3.05) is 19.7 Å². The number of hydrogen-bond donors (Lipinski definition) is 1. The standard InChI is InChI=1S/C9H14N2O2S/c1-3-11(4-5-12)9(13)8-6-7(2)14-10-8/h6,12H,3-5H2,1-2H3. The lowest BCUT2D eigenvalue weighted by Crippen LogP contribution is -2.33. The average molecular weight is 214 g/mol. The lowest BCUT2D eigenvalue weighted by Gasteiger charge is -2.17. The van der Waals surface area contributed by atoms with Crippen molar-refractivity contribution in [2.45, 2.75) is 13.8 Å². The lowest BCUT2D eigenvalue weighted by molar-refractivity contribution is 0.0727. The molecule has 0 atom stereocenters. The number of nitrogens with zero attached hydrogens (tertiary/aromatic N) is 2. The summed E-state index contributed by atoms with van der Waals surface area (Å²) in [5.41, 5.74) is 0.475. The van der Waals surface area contributed by atoms with Gasteiger partial charge in [-0.3, -0.25) is 4.79 Å². The third kappa shape index (κ3) is 2.52. The number of carbonyl (C=O) groups is 1. The van der Waals surface area contributed by atoms with Crippen LogP contribution < -0.4 is 0 Å². The predicted octanol–water partition coefficient (Wildman–Crippen LogP) is 0.906. The molecule has 0 saturated heterocycles. The highest BCUT2D eigenvalue weighted by atomic mass is 32.1. The monoisotopic (exact) mass is 214 g/mol. The smallest absolute Gasteiger partial charge is 0.273 e. The summed E-state index contributed by atoms with van der Waals surface area (Å²) in [7, 11) is 0. The molecule has 0 aliphatic carbocycles. The second-order valence-electron chi connectivity index (χ2n) is 2.93. The van der Waals surface area contributed by atoms with Gasteiger partial charge in [-0.15, -0.1) is 0 Å². The molecule has 1 heterocycles. The van der Waals surface area contributed by atoms with Gasteiger partial charge in [-0.1, -0.05) is 0 Å². The van der Waals surface area contributed by atoms with Gasteiger partial charge in [0.25, 0.3) is 5.91 Å². The minimum absolute atomic E-state index is 0.0112. The number of rotatable bonds is 4. The van der Waals surface area contributed by atoms with E-state index < -0.39 is 0 Å². The van der Waals surface area contributed by atoms with Crippen LogP contribution in [0.3, 0.4) is 0 Å². The molecular formula is C9H14N2O2S. The van der Waals surface area contributed by atoms with Crippen LogP contribution >= 0.6 is 11.5 Å². The Morgan fingerprint density at radius 2 is 2.43 bits per heavy atom. The molecule has 1 rings (SSSR count). The van der Waals surface area contributed by atoms with Crippen molar-refractivity contribution < 1.29 is 9.90 Å². The van der Waals surface area contributed by atoms with Crippen molar-refractivity contribution in [3.05, 3.63) is 16.6 Å². The van der Waals surface area contributed by atoms with E-state index in [0.29, 0.717) is 18.8 Å². The second kappa shape index (κ2) is 5.07. The van der Waals surface area contributed by atoms with Gasteiger partial charge in [0.1, 0.15) is 5.69 Å². The topological polar surface area (TPSA) is 53.4 Å². The summed E-state index contributed by atoms with van der Waals surface area (Å²) in [6, 6.07) is 1.77. The van der Waals surface area contributed by atoms with Crippen LogP contribution in [-0.4, -0.2) is 40.0 Å². The van der Waals surface area contributed by atoms with Gasteiger partial charge in [0.05, 0.1) is 6.61 Å². The van der Waals surface area contributed by atoms with Crippen LogP contribution in [0.15, 0.2) is 6.07 Å². The van der Waals surface area contributed by atoms with Crippen LogP contribution in [0.4, 0.5) is 0 Å². The van der Waals surface area contributed by atoms with E-state index in [2.05, 4.69) is 4.37 Å². The molecule has 0 spiro atoms. The maximum atomic E-state index is 11.7. The van der Waals surface area contributed by atoms with E-state index in [1.807, 2.05) is 13.8 Å². The molecule has 0 unspecified atom stereocenters.